The summed E-state index contributed by atoms with van der Waals surface area (Å²) in [6.45, 7) is 0.243. The molecule has 2 aromatic heterocycles. The molecular weight excluding hydrogens is 555 g/mol. The summed E-state index contributed by atoms with van der Waals surface area (Å²) < 4.78 is 15.6. The van der Waals surface area contributed by atoms with Crippen LogP contribution >= 0.6 is 38.9 Å². The quantitative estimate of drug-likeness (QED) is 0.313. The zero-order valence-corrected chi connectivity index (χ0v) is 20.9. The minimum Gasteiger partial charge on any atom is -0.303 e. The number of benzene rings is 3. The number of rotatable bonds is 3. The molecule has 0 N–H and O–H groups in total. The minimum atomic E-state index is -0.407. The lowest BCUT2D eigenvalue weighted by atomic mass is 10.1. The molecule has 35 heavy (non-hydrogen) atoms. The third-order valence-corrected chi connectivity index (χ3v) is 7.49. The summed E-state index contributed by atoms with van der Waals surface area (Å²) in [5.74, 6) is -0.246. The molecule has 0 aliphatic carbocycles. The van der Waals surface area contributed by atoms with Crippen molar-refractivity contribution in [2.45, 2.75) is 6.54 Å². The number of carbonyl (C=O) groups excluding carboxylic acids is 1. The van der Waals surface area contributed by atoms with Gasteiger partial charge < -0.3 is 4.90 Å². The summed E-state index contributed by atoms with van der Waals surface area (Å²) >= 11 is 10.6. The van der Waals surface area contributed by atoms with Crippen molar-refractivity contribution >= 4 is 61.0 Å². The van der Waals surface area contributed by atoms with Crippen LogP contribution in [0.15, 0.2) is 76.0 Å². The van der Waals surface area contributed by atoms with E-state index >= 15 is 0 Å². The molecule has 6 nitrogen and oxygen atoms in total. The Morgan fingerprint density at radius 1 is 1.00 bits per heavy atom. The van der Waals surface area contributed by atoms with E-state index in [0.29, 0.717) is 32.6 Å². The Kier molecular flexibility index (Phi) is 5.28. The minimum absolute atomic E-state index is 0.243. The van der Waals surface area contributed by atoms with Crippen LogP contribution in [0.2, 0.25) is 5.02 Å². The molecule has 0 unspecified atom stereocenters. The fourth-order valence-corrected chi connectivity index (χ4v) is 5.54. The average molecular weight is 568 g/mol. The van der Waals surface area contributed by atoms with Crippen LogP contribution in [0.3, 0.4) is 0 Å². The van der Waals surface area contributed by atoms with Crippen LogP contribution in [-0.4, -0.2) is 20.5 Å². The van der Waals surface area contributed by atoms with Gasteiger partial charge in [-0.3, -0.25) is 9.59 Å². The molecule has 0 fully saturated rings. The lowest BCUT2D eigenvalue weighted by Crippen LogP contribution is -2.32. The van der Waals surface area contributed by atoms with Gasteiger partial charge in [-0.15, -0.1) is 5.10 Å². The molecule has 3 aromatic carbocycles. The monoisotopic (exact) mass is 566 g/mol. The van der Waals surface area contributed by atoms with Crippen molar-refractivity contribution in [1.82, 2.24) is 14.6 Å². The molecule has 1 amide bonds. The first-order valence-corrected chi connectivity index (χ1v) is 12.4. The molecule has 0 bridgehead atoms. The number of amides is 1. The molecule has 0 atom stereocenters. The van der Waals surface area contributed by atoms with E-state index in [2.05, 4.69) is 26.0 Å². The van der Waals surface area contributed by atoms with Crippen LogP contribution in [-0.2, 0) is 11.3 Å². The maximum absolute atomic E-state index is 13.6. The van der Waals surface area contributed by atoms with Gasteiger partial charge >= 0.3 is 0 Å². The molecule has 1 aliphatic heterocycles. The van der Waals surface area contributed by atoms with E-state index in [4.69, 9.17) is 11.6 Å². The van der Waals surface area contributed by atoms with Gasteiger partial charge in [0.1, 0.15) is 10.3 Å². The summed E-state index contributed by atoms with van der Waals surface area (Å²) in [5.41, 5.74) is 2.72. The zero-order valence-electron chi connectivity index (χ0n) is 17.7. The van der Waals surface area contributed by atoms with Crippen LogP contribution in [0.5, 0.6) is 0 Å². The van der Waals surface area contributed by atoms with Crippen molar-refractivity contribution in [2.75, 3.05) is 4.90 Å². The van der Waals surface area contributed by atoms with Gasteiger partial charge in [0, 0.05) is 20.6 Å². The normalized spacial score (nSPS) is 14.7. The number of carbonyl (C=O) groups is 1. The van der Waals surface area contributed by atoms with Crippen LogP contribution in [0.1, 0.15) is 11.1 Å². The van der Waals surface area contributed by atoms with E-state index in [9.17, 15) is 14.0 Å². The molecule has 1 aliphatic rings. The van der Waals surface area contributed by atoms with Crippen molar-refractivity contribution in [3.63, 3.8) is 0 Å². The number of halogens is 3. The molecule has 5 aromatic rings. The fraction of sp³-hybridized carbons (Fsp3) is 0.0400. The maximum Gasteiger partial charge on any atom is 0.291 e. The van der Waals surface area contributed by atoms with Gasteiger partial charge in [0.25, 0.3) is 11.5 Å². The molecule has 0 saturated carbocycles. The summed E-state index contributed by atoms with van der Waals surface area (Å²) in [7, 11) is 0. The maximum atomic E-state index is 13.6. The van der Waals surface area contributed by atoms with Gasteiger partial charge in [-0.25, -0.2) is 4.39 Å². The number of aromatic nitrogens is 3. The number of fused-ring (bicyclic) bond motifs is 2. The van der Waals surface area contributed by atoms with E-state index in [0.717, 1.165) is 26.9 Å². The van der Waals surface area contributed by atoms with Gasteiger partial charge in [0.2, 0.25) is 4.96 Å². The second kappa shape index (κ2) is 8.37. The Balaban J connectivity index is 1.50. The standard InChI is InChI=1S/C25H13BrClFN4O2S/c26-15-5-10-19-18(11-15)20(23(33)31(19)12-13-1-8-17(28)9-2-13)21-24(34)32-25(35-21)29-22(30-32)14-3-6-16(27)7-4-14/h1-11H,12H2. The third kappa shape index (κ3) is 3.76. The SMILES string of the molecule is O=C1C(=c2sc3nc(-c4ccc(Cl)cc4)nn3c2=O)c2cc(Br)ccc2N1Cc1ccc(F)cc1. The number of anilines is 1. The lowest BCUT2D eigenvalue weighted by Gasteiger charge is -2.17. The molecule has 172 valence electrons. The Morgan fingerprint density at radius 3 is 2.46 bits per heavy atom. The summed E-state index contributed by atoms with van der Waals surface area (Å²) in [4.78, 5) is 33.5. The lowest BCUT2D eigenvalue weighted by molar-refractivity contribution is -0.113. The Hall–Kier alpha value is -3.40. The Morgan fingerprint density at radius 2 is 1.74 bits per heavy atom. The highest BCUT2D eigenvalue weighted by atomic mass is 79.9. The number of hydrogen-bond donors (Lipinski definition) is 0. The van der Waals surface area contributed by atoms with Gasteiger partial charge in [0.15, 0.2) is 5.82 Å². The number of nitrogens with zero attached hydrogens (tertiary/aromatic N) is 4. The van der Waals surface area contributed by atoms with Gasteiger partial charge in [-0.1, -0.05) is 51.0 Å². The molecular formula is C25H13BrClFN4O2S. The predicted molar refractivity (Wildman–Crippen MR) is 137 cm³/mol. The molecule has 10 heteroatoms. The van der Waals surface area contributed by atoms with Crippen molar-refractivity contribution in [1.29, 1.82) is 0 Å². The van der Waals surface area contributed by atoms with Crippen molar-refractivity contribution in [2.24, 2.45) is 0 Å². The first-order valence-electron chi connectivity index (χ1n) is 10.4. The summed E-state index contributed by atoms with van der Waals surface area (Å²) in [6.07, 6.45) is 0. The van der Waals surface area contributed by atoms with Crippen molar-refractivity contribution in [3.8, 4) is 11.4 Å². The first kappa shape index (κ1) is 22.1. The first-order chi connectivity index (χ1) is 16.9. The molecule has 0 saturated heterocycles. The molecule has 3 heterocycles. The van der Waals surface area contributed by atoms with Crippen molar-refractivity contribution in [3.05, 3.63) is 108 Å². The molecule has 6 rings (SSSR count). The fourth-order valence-electron chi connectivity index (χ4n) is 4.06. The molecule has 0 radical (unpaired) electrons. The van der Waals surface area contributed by atoms with Crippen LogP contribution in [0.4, 0.5) is 10.1 Å². The van der Waals surface area contributed by atoms with Gasteiger partial charge in [-0.2, -0.15) is 9.50 Å². The highest BCUT2D eigenvalue weighted by Gasteiger charge is 2.34. The summed E-state index contributed by atoms with van der Waals surface area (Å²) in [6, 6.07) is 18.5. The van der Waals surface area contributed by atoms with E-state index in [1.165, 1.54) is 16.6 Å². The van der Waals surface area contributed by atoms with E-state index in [-0.39, 0.29) is 22.8 Å². The Bertz CT molecular complexity index is 1750. The smallest absolute Gasteiger partial charge is 0.291 e. The van der Waals surface area contributed by atoms with E-state index in [1.807, 2.05) is 18.2 Å². The van der Waals surface area contributed by atoms with Crippen LogP contribution < -0.4 is 15.0 Å². The average Bonchev–Trinajstić information content (AvgIpc) is 3.47. The predicted octanol–water partition coefficient (Wildman–Crippen LogP) is 4.84. The van der Waals surface area contributed by atoms with Crippen LogP contribution in [0.25, 0.3) is 21.9 Å². The zero-order chi connectivity index (χ0) is 24.3. The van der Waals surface area contributed by atoms with Gasteiger partial charge in [0.05, 0.1) is 17.8 Å². The second-order valence-corrected chi connectivity index (χ2v) is 10.3. The highest BCUT2D eigenvalue weighted by molar-refractivity contribution is 9.10. The summed E-state index contributed by atoms with van der Waals surface area (Å²) in [5, 5.41) is 4.97. The van der Waals surface area contributed by atoms with Gasteiger partial charge in [-0.05, 0) is 60.2 Å². The highest BCUT2D eigenvalue weighted by Crippen LogP contribution is 2.38. The second-order valence-electron chi connectivity index (χ2n) is 7.93. The number of hydrogen-bond acceptors (Lipinski definition) is 5. The Labute approximate surface area is 215 Å². The third-order valence-electron chi connectivity index (χ3n) is 5.72. The number of thiazole rings is 1. The van der Waals surface area contributed by atoms with E-state index < -0.39 is 5.56 Å². The van der Waals surface area contributed by atoms with E-state index in [1.54, 1.807) is 41.3 Å². The van der Waals surface area contributed by atoms with Crippen LogP contribution in [0, 0.1) is 5.82 Å². The largest absolute Gasteiger partial charge is 0.303 e. The topological polar surface area (TPSA) is 67.6 Å². The molecule has 0 spiro atoms. The van der Waals surface area contributed by atoms with Crippen molar-refractivity contribution < 1.29 is 9.18 Å².